The zero-order chi connectivity index (χ0) is 13.8. The number of benzene rings is 1. The van der Waals surface area contributed by atoms with Crippen LogP contribution in [0.5, 0.6) is 0 Å². The van der Waals surface area contributed by atoms with Crippen molar-refractivity contribution >= 4 is 17.6 Å². The number of hydrogen-bond acceptors (Lipinski definition) is 4. The van der Waals surface area contributed by atoms with Crippen LogP contribution in [-0.2, 0) is 5.75 Å². The van der Waals surface area contributed by atoms with Gasteiger partial charge in [-0.2, -0.15) is 0 Å². The van der Waals surface area contributed by atoms with Crippen molar-refractivity contribution in [3.63, 3.8) is 0 Å². The molecule has 0 fully saturated rings. The van der Waals surface area contributed by atoms with Crippen molar-refractivity contribution in [2.45, 2.75) is 24.8 Å². The largest absolute Gasteiger partial charge is 0.384 e. The van der Waals surface area contributed by atoms with Gasteiger partial charge in [0.2, 0.25) is 0 Å². The van der Waals surface area contributed by atoms with Crippen molar-refractivity contribution in [3.05, 3.63) is 52.8 Å². The van der Waals surface area contributed by atoms with Gasteiger partial charge in [0.15, 0.2) is 5.16 Å². The first kappa shape index (κ1) is 13.5. The van der Waals surface area contributed by atoms with Crippen LogP contribution in [0.2, 0.25) is 0 Å². The smallest absolute Gasteiger partial charge is 0.187 e. The summed E-state index contributed by atoms with van der Waals surface area (Å²) in [6.45, 7) is 4.00. The fraction of sp³-hybridized carbons (Fsp3) is 0.214. The zero-order valence-corrected chi connectivity index (χ0v) is 11.8. The lowest BCUT2D eigenvalue weighted by Gasteiger charge is -2.07. The van der Waals surface area contributed by atoms with Gasteiger partial charge in [-0.1, -0.05) is 23.9 Å². The number of thioether (sulfide) groups is 1. The van der Waals surface area contributed by atoms with Crippen molar-refractivity contribution in [2.75, 3.05) is 0 Å². The summed E-state index contributed by atoms with van der Waals surface area (Å²) in [4.78, 5) is 8.53. The van der Waals surface area contributed by atoms with E-state index < -0.39 is 0 Å². The minimum Gasteiger partial charge on any atom is -0.384 e. The molecule has 0 radical (unpaired) electrons. The van der Waals surface area contributed by atoms with E-state index in [1.807, 2.05) is 44.4 Å². The molecule has 1 aromatic carbocycles. The van der Waals surface area contributed by atoms with Gasteiger partial charge in [0.1, 0.15) is 5.84 Å². The van der Waals surface area contributed by atoms with E-state index in [1.54, 1.807) is 11.8 Å². The molecular weight excluding hydrogens is 256 g/mol. The first-order valence-electron chi connectivity index (χ1n) is 5.91. The number of nitrogens with two attached hydrogens (primary N) is 1. The molecule has 0 bridgehead atoms. The molecule has 0 saturated carbocycles. The highest BCUT2D eigenvalue weighted by atomic mass is 32.2. The Morgan fingerprint density at radius 2 is 1.95 bits per heavy atom. The first-order chi connectivity index (χ1) is 9.06. The number of rotatable bonds is 4. The number of hydrogen-bond donors (Lipinski definition) is 2. The lowest BCUT2D eigenvalue weighted by atomic mass is 10.1. The van der Waals surface area contributed by atoms with E-state index in [2.05, 4.69) is 9.97 Å². The van der Waals surface area contributed by atoms with Crippen LogP contribution in [0.25, 0.3) is 0 Å². The predicted octanol–water partition coefficient (Wildman–Crippen LogP) is 2.67. The Hall–Kier alpha value is -1.88. The number of nitrogens with one attached hydrogen (secondary N) is 1. The Kier molecular flexibility index (Phi) is 4.16. The molecule has 3 N–H and O–H groups in total. The first-order valence-corrected chi connectivity index (χ1v) is 6.90. The van der Waals surface area contributed by atoms with E-state index in [0.717, 1.165) is 27.6 Å². The second-order valence-corrected chi connectivity index (χ2v) is 5.33. The summed E-state index contributed by atoms with van der Waals surface area (Å²) in [5.74, 6) is 0.914. The molecule has 0 aliphatic rings. The number of aryl methyl sites for hydroxylation is 2. The average Bonchev–Trinajstić information content (AvgIpc) is 2.39. The molecule has 1 heterocycles. The highest BCUT2D eigenvalue weighted by Crippen LogP contribution is 2.21. The van der Waals surface area contributed by atoms with Gasteiger partial charge in [0.25, 0.3) is 0 Å². The maximum absolute atomic E-state index is 7.41. The zero-order valence-electron chi connectivity index (χ0n) is 11.0. The molecule has 5 heteroatoms. The maximum Gasteiger partial charge on any atom is 0.187 e. The summed E-state index contributed by atoms with van der Waals surface area (Å²) in [6, 6.07) is 5.82. The molecule has 19 heavy (non-hydrogen) atoms. The van der Waals surface area contributed by atoms with Crippen LogP contribution in [0.1, 0.15) is 22.3 Å². The normalized spacial score (nSPS) is 10.4. The molecule has 1 aromatic heterocycles. The second kappa shape index (κ2) is 5.84. The van der Waals surface area contributed by atoms with Crippen LogP contribution in [0.15, 0.2) is 35.7 Å². The summed E-state index contributed by atoms with van der Waals surface area (Å²) in [5.41, 5.74) is 9.63. The van der Waals surface area contributed by atoms with E-state index >= 15 is 0 Å². The molecule has 0 saturated heterocycles. The summed E-state index contributed by atoms with van der Waals surface area (Å²) in [6.07, 6.45) is 3.64. The third-order valence-electron chi connectivity index (χ3n) is 2.77. The summed E-state index contributed by atoms with van der Waals surface area (Å²) in [5, 5.41) is 8.19. The van der Waals surface area contributed by atoms with E-state index in [-0.39, 0.29) is 5.84 Å². The van der Waals surface area contributed by atoms with Gasteiger partial charge in [-0.05, 0) is 36.6 Å². The molecular formula is C14H16N4S. The van der Waals surface area contributed by atoms with Crippen molar-refractivity contribution < 1.29 is 0 Å². The Morgan fingerprint density at radius 1 is 1.26 bits per heavy atom. The van der Waals surface area contributed by atoms with Crippen LogP contribution < -0.4 is 5.73 Å². The number of nitrogen functional groups attached to an aromatic ring is 1. The fourth-order valence-electron chi connectivity index (χ4n) is 1.62. The van der Waals surface area contributed by atoms with Crippen LogP contribution in [-0.4, -0.2) is 15.8 Å². The van der Waals surface area contributed by atoms with E-state index in [1.165, 1.54) is 5.56 Å². The Labute approximate surface area is 117 Å². The van der Waals surface area contributed by atoms with Crippen molar-refractivity contribution in [1.29, 1.82) is 5.41 Å². The third kappa shape index (κ3) is 3.54. The molecule has 0 aliphatic carbocycles. The average molecular weight is 272 g/mol. The van der Waals surface area contributed by atoms with Gasteiger partial charge in [-0.25, -0.2) is 9.97 Å². The minimum atomic E-state index is 0.101. The van der Waals surface area contributed by atoms with Gasteiger partial charge in [-0.15, -0.1) is 0 Å². The number of amidine groups is 1. The maximum atomic E-state index is 7.41. The van der Waals surface area contributed by atoms with Crippen molar-refractivity contribution in [2.24, 2.45) is 5.73 Å². The number of nitrogens with zero attached hydrogens (tertiary/aromatic N) is 2. The monoisotopic (exact) mass is 272 g/mol. The highest BCUT2D eigenvalue weighted by molar-refractivity contribution is 7.98. The second-order valence-electron chi connectivity index (χ2n) is 4.39. The number of aromatic nitrogens is 2. The molecule has 4 nitrogen and oxygen atoms in total. The molecule has 0 spiro atoms. The molecule has 2 rings (SSSR count). The van der Waals surface area contributed by atoms with E-state index in [9.17, 15) is 0 Å². The van der Waals surface area contributed by atoms with Gasteiger partial charge in [-0.3, -0.25) is 5.41 Å². The summed E-state index contributed by atoms with van der Waals surface area (Å²) >= 11 is 1.60. The van der Waals surface area contributed by atoms with Gasteiger partial charge in [0, 0.05) is 23.7 Å². The molecule has 0 amide bonds. The Balaban J connectivity index is 2.07. The van der Waals surface area contributed by atoms with Crippen LogP contribution in [0, 0.1) is 19.3 Å². The lowest BCUT2D eigenvalue weighted by Crippen LogP contribution is -2.11. The van der Waals surface area contributed by atoms with E-state index in [0.29, 0.717) is 0 Å². The summed E-state index contributed by atoms with van der Waals surface area (Å²) < 4.78 is 0. The Morgan fingerprint density at radius 3 is 2.53 bits per heavy atom. The van der Waals surface area contributed by atoms with Gasteiger partial charge in [0.05, 0.1) is 0 Å². The summed E-state index contributed by atoms with van der Waals surface area (Å²) in [7, 11) is 0. The standard InChI is InChI=1S/C14H16N4S/c1-9-6-17-14(18-7-9)19-8-12-4-3-11(13(15)16)5-10(12)2/h3-7H,8H2,1-2H3,(H3,15,16). The Bertz CT molecular complexity index is 593. The quantitative estimate of drug-likeness (QED) is 0.388. The fourth-order valence-corrected chi connectivity index (χ4v) is 2.49. The third-order valence-corrected chi connectivity index (χ3v) is 3.69. The molecule has 98 valence electrons. The van der Waals surface area contributed by atoms with Crippen molar-refractivity contribution in [1.82, 2.24) is 9.97 Å². The van der Waals surface area contributed by atoms with E-state index in [4.69, 9.17) is 11.1 Å². The van der Waals surface area contributed by atoms with Crippen molar-refractivity contribution in [3.8, 4) is 0 Å². The van der Waals surface area contributed by atoms with Crippen LogP contribution in [0.3, 0.4) is 0 Å². The minimum absolute atomic E-state index is 0.101. The van der Waals surface area contributed by atoms with Crippen LogP contribution in [0.4, 0.5) is 0 Å². The molecule has 2 aromatic rings. The topological polar surface area (TPSA) is 75.7 Å². The van der Waals surface area contributed by atoms with Crippen LogP contribution >= 0.6 is 11.8 Å². The highest BCUT2D eigenvalue weighted by Gasteiger charge is 2.04. The molecule has 0 unspecified atom stereocenters. The molecule has 0 aliphatic heterocycles. The molecule has 0 atom stereocenters. The predicted molar refractivity (Wildman–Crippen MR) is 78.5 cm³/mol. The SMILES string of the molecule is Cc1cnc(SCc2ccc(C(=N)N)cc2C)nc1. The van der Waals surface area contributed by atoms with Gasteiger partial charge < -0.3 is 5.73 Å². The van der Waals surface area contributed by atoms with Gasteiger partial charge >= 0.3 is 0 Å². The lowest BCUT2D eigenvalue weighted by molar-refractivity contribution is 0.949.